The van der Waals surface area contributed by atoms with Crippen molar-refractivity contribution in [3.63, 3.8) is 0 Å². The molecule has 1 saturated heterocycles. The van der Waals surface area contributed by atoms with Gasteiger partial charge < -0.3 is 9.30 Å². The van der Waals surface area contributed by atoms with E-state index in [1.807, 2.05) is 0 Å². The minimum absolute atomic E-state index is 0.111. The molecule has 0 bridgehead atoms. The first kappa shape index (κ1) is 22.8. The number of carbonyl (C=O) groups excluding carboxylic acids is 2. The number of fused-ring (bicyclic) bond motifs is 1. The zero-order chi connectivity index (χ0) is 22.9. The number of aromatic nitrogens is 1. The van der Waals surface area contributed by atoms with E-state index >= 15 is 0 Å². The van der Waals surface area contributed by atoms with Crippen LogP contribution in [0.1, 0.15) is 19.3 Å². The van der Waals surface area contributed by atoms with Gasteiger partial charge in [0, 0.05) is 6.54 Å². The molecule has 0 saturated carbocycles. The van der Waals surface area contributed by atoms with E-state index < -0.39 is 33.8 Å². The molecule has 3 aromatic rings. The molecule has 3 heterocycles. The number of thiophene rings is 1. The number of amides is 1. The highest BCUT2D eigenvalue weighted by Gasteiger charge is 2.38. The number of ether oxygens (including phenoxy) is 1. The molecule has 0 aliphatic carbocycles. The molecule has 1 aromatic carbocycles. The summed E-state index contributed by atoms with van der Waals surface area (Å²) >= 11 is 2.14. The fraction of sp³-hybridized carbons (Fsp3) is 0.350. The van der Waals surface area contributed by atoms with Crippen LogP contribution in [0, 0.1) is 5.82 Å². The summed E-state index contributed by atoms with van der Waals surface area (Å²) < 4.78 is 48.5. The van der Waals surface area contributed by atoms with Crippen molar-refractivity contribution in [3.05, 3.63) is 46.3 Å². The minimum atomic E-state index is -3.84. The van der Waals surface area contributed by atoms with Crippen LogP contribution in [0.5, 0.6) is 0 Å². The van der Waals surface area contributed by atoms with E-state index in [9.17, 15) is 22.4 Å². The van der Waals surface area contributed by atoms with E-state index in [4.69, 9.17) is 4.74 Å². The van der Waals surface area contributed by atoms with Gasteiger partial charge in [0.05, 0.1) is 17.3 Å². The number of piperidine rings is 1. The van der Waals surface area contributed by atoms with Crippen LogP contribution in [0.25, 0.3) is 10.2 Å². The first-order valence-electron chi connectivity index (χ1n) is 9.81. The van der Waals surface area contributed by atoms with Crippen LogP contribution in [-0.4, -0.2) is 48.9 Å². The third-order valence-corrected chi connectivity index (χ3v) is 9.49. The maximum Gasteiger partial charge on any atom is 0.325 e. The van der Waals surface area contributed by atoms with Gasteiger partial charge in [0.25, 0.3) is 15.9 Å². The third kappa shape index (κ3) is 4.27. The van der Waals surface area contributed by atoms with Gasteiger partial charge in [-0.1, -0.05) is 29.9 Å². The summed E-state index contributed by atoms with van der Waals surface area (Å²) in [5.74, 6) is -1.83. The second kappa shape index (κ2) is 9.22. The van der Waals surface area contributed by atoms with E-state index in [0.717, 1.165) is 22.7 Å². The molecular formula is C20H20FN3O5S3. The Morgan fingerprint density at radius 1 is 1.25 bits per heavy atom. The van der Waals surface area contributed by atoms with Gasteiger partial charge in [0.15, 0.2) is 4.80 Å². The predicted octanol–water partition coefficient (Wildman–Crippen LogP) is 2.75. The van der Waals surface area contributed by atoms with E-state index in [1.165, 1.54) is 34.2 Å². The number of esters is 1. The Morgan fingerprint density at radius 2 is 2.06 bits per heavy atom. The average molecular weight is 498 g/mol. The van der Waals surface area contributed by atoms with Crippen LogP contribution in [0.3, 0.4) is 0 Å². The monoisotopic (exact) mass is 497 g/mol. The molecule has 1 aliphatic heterocycles. The Kier molecular flexibility index (Phi) is 6.56. The molecule has 12 heteroatoms. The van der Waals surface area contributed by atoms with E-state index in [-0.39, 0.29) is 27.6 Å². The number of hydrogen-bond acceptors (Lipinski definition) is 7. The summed E-state index contributed by atoms with van der Waals surface area (Å²) in [6.45, 7) is -0.110. The zero-order valence-corrected chi connectivity index (χ0v) is 19.5. The van der Waals surface area contributed by atoms with Crippen molar-refractivity contribution in [2.75, 3.05) is 13.7 Å². The van der Waals surface area contributed by atoms with Crippen LogP contribution < -0.4 is 4.80 Å². The second-order valence-corrected chi connectivity index (χ2v) is 11.2. The molecule has 1 fully saturated rings. The maximum atomic E-state index is 14.5. The van der Waals surface area contributed by atoms with Gasteiger partial charge in [0.2, 0.25) is 0 Å². The van der Waals surface area contributed by atoms with Gasteiger partial charge in [0.1, 0.15) is 22.6 Å². The highest BCUT2D eigenvalue weighted by molar-refractivity contribution is 7.91. The van der Waals surface area contributed by atoms with Crippen LogP contribution in [-0.2, 0) is 30.9 Å². The topological polar surface area (TPSA) is 98.0 Å². The lowest BCUT2D eigenvalue weighted by molar-refractivity contribution is -0.141. The molecule has 1 amide bonds. The quantitative estimate of drug-likeness (QED) is 0.505. The molecule has 0 spiro atoms. The van der Waals surface area contributed by atoms with Crippen molar-refractivity contribution in [1.82, 2.24) is 8.87 Å². The number of methoxy groups -OCH3 is 1. The molecule has 0 radical (unpaired) electrons. The normalized spacial score (nSPS) is 18.2. The molecular weight excluding hydrogens is 477 g/mol. The molecule has 0 N–H and O–H groups in total. The minimum Gasteiger partial charge on any atom is -0.468 e. The van der Waals surface area contributed by atoms with Crippen LogP contribution in [0.4, 0.5) is 4.39 Å². The number of benzene rings is 1. The van der Waals surface area contributed by atoms with Gasteiger partial charge in [-0.15, -0.1) is 11.3 Å². The Hall–Kier alpha value is -2.41. The molecule has 2 aromatic heterocycles. The summed E-state index contributed by atoms with van der Waals surface area (Å²) in [7, 11) is -2.62. The van der Waals surface area contributed by atoms with E-state index in [1.54, 1.807) is 17.5 Å². The Balaban J connectivity index is 1.77. The molecule has 1 aliphatic rings. The number of thiazole rings is 1. The summed E-state index contributed by atoms with van der Waals surface area (Å²) in [5.41, 5.74) is 0.140. The summed E-state index contributed by atoms with van der Waals surface area (Å²) in [4.78, 5) is 29.4. The van der Waals surface area contributed by atoms with Crippen molar-refractivity contribution < 1.29 is 27.1 Å². The maximum absolute atomic E-state index is 14.5. The van der Waals surface area contributed by atoms with Gasteiger partial charge in [-0.05, 0) is 36.4 Å². The first-order valence-corrected chi connectivity index (χ1v) is 12.9. The summed E-state index contributed by atoms with van der Waals surface area (Å²) in [6.07, 6.45) is 1.67. The first-order chi connectivity index (χ1) is 15.3. The molecule has 1 atom stereocenters. The van der Waals surface area contributed by atoms with Crippen LogP contribution in [0.2, 0.25) is 0 Å². The number of nitrogens with zero attached hydrogens (tertiary/aromatic N) is 3. The van der Waals surface area contributed by atoms with Crippen LogP contribution in [0.15, 0.2) is 44.9 Å². The van der Waals surface area contributed by atoms with Gasteiger partial charge in [-0.25, -0.2) is 12.8 Å². The number of carbonyl (C=O) groups is 2. The largest absolute Gasteiger partial charge is 0.468 e. The highest BCUT2D eigenvalue weighted by atomic mass is 32.2. The average Bonchev–Trinajstić information content (AvgIpc) is 3.43. The smallest absolute Gasteiger partial charge is 0.325 e. The molecule has 4 rings (SSSR count). The van der Waals surface area contributed by atoms with Crippen molar-refractivity contribution >= 4 is 54.8 Å². The summed E-state index contributed by atoms with van der Waals surface area (Å²) in [6, 6.07) is 6.63. The second-order valence-electron chi connectivity index (χ2n) is 7.14. The Bertz CT molecular complexity index is 1330. The lowest BCUT2D eigenvalue weighted by Crippen LogP contribution is -2.47. The lowest BCUT2D eigenvalue weighted by Gasteiger charge is -2.31. The van der Waals surface area contributed by atoms with E-state index in [2.05, 4.69) is 4.99 Å². The van der Waals surface area contributed by atoms with E-state index in [0.29, 0.717) is 24.0 Å². The number of sulfonamides is 1. The number of halogens is 1. The van der Waals surface area contributed by atoms with Crippen LogP contribution >= 0.6 is 22.7 Å². The predicted molar refractivity (Wildman–Crippen MR) is 118 cm³/mol. The lowest BCUT2D eigenvalue weighted by atomic mass is 10.0. The van der Waals surface area contributed by atoms with Gasteiger partial charge in [-0.2, -0.15) is 9.30 Å². The SMILES string of the molecule is COC(=O)Cn1c(=NC(=O)C2CCCCN2S(=O)(=O)c2cccs2)sc2cccc(F)c21. The fourth-order valence-corrected chi connectivity index (χ4v) is 7.47. The number of rotatable bonds is 5. The fourth-order valence-electron chi connectivity index (χ4n) is 3.65. The zero-order valence-electron chi connectivity index (χ0n) is 17.1. The number of hydrogen-bond donors (Lipinski definition) is 0. The van der Waals surface area contributed by atoms with Crippen molar-refractivity contribution in [2.24, 2.45) is 4.99 Å². The Labute approximate surface area is 191 Å². The van der Waals surface area contributed by atoms with Crippen molar-refractivity contribution in [1.29, 1.82) is 0 Å². The molecule has 1 unspecified atom stereocenters. The van der Waals surface area contributed by atoms with Gasteiger partial charge >= 0.3 is 5.97 Å². The highest BCUT2D eigenvalue weighted by Crippen LogP contribution is 2.28. The van der Waals surface area contributed by atoms with Crippen molar-refractivity contribution in [2.45, 2.75) is 36.1 Å². The Morgan fingerprint density at radius 3 is 2.78 bits per heavy atom. The van der Waals surface area contributed by atoms with Gasteiger partial charge in [-0.3, -0.25) is 9.59 Å². The summed E-state index contributed by atoms with van der Waals surface area (Å²) in [5, 5.41) is 1.67. The molecule has 8 nitrogen and oxygen atoms in total. The molecule has 170 valence electrons. The standard InChI is InChI=1S/C20H20FN3O5S3/c1-29-16(25)12-23-18-13(21)6-4-8-15(18)31-20(23)22-19(26)14-7-2-3-10-24(14)32(27,28)17-9-5-11-30-17/h4-6,8-9,11,14H,2-3,7,10,12H2,1H3. The number of para-hydroxylation sites is 1. The third-order valence-electron chi connectivity index (χ3n) is 5.17. The molecule has 32 heavy (non-hydrogen) atoms. The van der Waals surface area contributed by atoms with Crippen molar-refractivity contribution in [3.8, 4) is 0 Å².